The van der Waals surface area contributed by atoms with Crippen molar-refractivity contribution in [2.24, 2.45) is 0 Å². The van der Waals surface area contributed by atoms with Gasteiger partial charge in [0.1, 0.15) is 5.60 Å². The minimum Gasteiger partial charge on any atom is -0.444 e. The highest BCUT2D eigenvalue weighted by atomic mass is 16.6. The summed E-state index contributed by atoms with van der Waals surface area (Å²) in [7, 11) is 0. The van der Waals surface area contributed by atoms with E-state index < -0.39 is 11.7 Å². The zero-order chi connectivity index (χ0) is 11.9. The topological polar surface area (TPSA) is 70.6 Å². The quantitative estimate of drug-likeness (QED) is 0.587. The van der Waals surface area contributed by atoms with E-state index in [9.17, 15) is 4.79 Å². The Bertz CT molecular complexity index is 190. The smallest absolute Gasteiger partial charge is 0.407 e. The number of aliphatic hydroxyl groups excluding tert-OH is 1. The molecule has 0 unspecified atom stereocenters. The third kappa shape index (κ3) is 9.49. The Morgan fingerprint density at radius 1 is 1.40 bits per heavy atom. The zero-order valence-electron chi connectivity index (χ0n) is 9.96. The second-order valence-corrected chi connectivity index (χ2v) is 4.47. The molecule has 5 nitrogen and oxygen atoms in total. The molecule has 0 bridgehead atoms. The highest BCUT2D eigenvalue weighted by Crippen LogP contribution is 2.05. The van der Waals surface area contributed by atoms with Crippen LogP contribution in [-0.2, 0) is 4.74 Å². The summed E-state index contributed by atoms with van der Waals surface area (Å²) >= 11 is 0. The van der Waals surface area contributed by atoms with Crippen LogP contribution >= 0.6 is 0 Å². The van der Waals surface area contributed by atoms with Gasteiger partial charge in [-0.25, -0.2) is 4.79 Å². The standard InChI is InChI=1S/C10H22N2O3/c1-8(7-13)11-5-6-12-9(14)15-10(2,3)4/h8,11,13H,5-7H2,1-4H3,(H,12,14)/t8-/m1/s1. The van der Waals surface area contributed by atoms with Crippen molar-refractivity contribution in [2.75, 3.05) is 19.7 Å². The van der Waals surface area contributed by atoms with Gasteiger partial charge in [-0.05, 0) is 27.7 Å². The highest BCUT2D eigenvalue weighted by Gasteiger charge is 2.15. The number of carbonyl (C=O) groups excluding carboxylic acids is 1. The van der Waals surface area contributed by atoms with Crippen LogP contribution in [0.4, 0.5) is 4.79 Å². The van der Waals surface area contributed by atoms with Crippen molar-refractivity contribution in [1.29, 1.82) is 0 Å². The first-order valence-corrected chi connectivity index (χ1v) is 5.16. The number of hydrogen-bond acceptors (Lipinski definition) is 4. The van der Waals surface area contributed by atoms with Crippen LogP contribution in [0.25, 0.3) is 0 Å². The van der Waals surface area contributed by atoms with Crippen LogP contribution < -0.4 is 10.6 Å². The van der Waals surface area contributed by atoms with Crippen LogP contribution in [0.3, 0.4) is 0 Å². The maximum Gasteiger partial charge on any atom is 0.407 e. The molecular weight excluding hydrogens is 196 g/mol. The largest absolute Gasteiger partial charge is 0.444 e. The summed E-state index contributed by atoms with van der Waals surface area (Å²) in [6.45, 7) is 8.51. The molecule has 5 heteroatoms. The second kappa shape index (κ2) is 6.63. The number of carbonyl (C=O) groups is 1. The predicted molar refractivity (Wildman–Crippen MR) is 58.8 cm³/mol. The Balaban J connectivity index is 3.48. The number of rotatable bonds is 5. The van der Waals surface area contributed by atoms with E-state index in [1.54, 1.807) is 0 Å². The molecule has 0 heterocycles. The van der Waals surface area contributed by atoms with Crippen molar-refractivity contribution in [3.05, 3.63) is 0 Å². The summed E-state index contributed by atoms with van der Waals surface area (Å²) in [6, 6.07) is 0.0467. The molecule has 15 heavy (non-hydrogen) atoms. The van der Waals surface area contributed by atoms with Crippen molar-refractivity contribution >= 4 is 6.09 Å². The highest BCUT2D eigenvalue weighted by molar-refractivity contribution is 5.67. The molecule has 0 aromatic carbocycles. The number of aliphatic hydroxyl groups is 1. The summed E-state index contributed by atoms with van der Waals surface area (Å²) in [5, 5.41) is 14.4. The number of amides is 1. The fourth-order valence-electron chi connectivity index (χ4n) is 0.862. The van der Waals surface area contributed by atoms with E-state index in [0.29, 0.717) is 13.1 Å². The van der Waals surface area contributed by atoms with Gasteiger partial charge in [0.2, 0.25) is 0 Å². The fraction of sp³-hybridized carbons (Fsp3) is 0.900. The Hall–Kier alpha value is -0.810. The van der Waals surface area contributed by atoms with Gasteiger partial charge in [-0.2, -0.15) is 0 Å². The van der Waals surface area contributed by atoms with Crippen LogP contribution in [0.1, 0.15) is 27.7 Å². The summed E-state index contributed by atoms with van der Waals surface area (Å²) in [4.78, 5) is 11.2. The molecular formula is C10H22N2O3. The molecule has 0 spiro atoms. The minimum atomic E-state index is -0.462. The zero-order valence-corrected chi connectivity index (χ0v) is 9.96. The van der Waals surface area contributed by atoms with Crippen molar-refractivity contribution in [1.82, 2.24) is 10.6 Å². The van der Waals surface area contributed by atoms with Crippen LogP contribution in [0.2, 0.25) is 0 Å². The average Bonchev–Trinajstić information content (AvgIpc) is 2.09. The first-order chi connectivity index (χ1) is 6.85. The first kappa shape index (κ1) is 14.2. The number of ether oxygens (including phenoxy) is 1. The molecule has 0 aliphatic carbocycles. The lowest BCUT2D eigenvalue weighted by Crippen LogP contribution is -2.39. The molecule has 90 valence electrons. The van der Waals surface area contributed by atoms with Crippen molar-refractivity contribution < 1.29 is 14.6 Å². The van der Waals surface area contributed by atoms with Gasteiger partial charge in [-0.1, -0.05) is 0 Å². The maximum atomic E-state index is 11.2. The SMILES string of the molecule is C[C@H](CO)NCCNC(=O)OC(C)(C)C. The van der Waals surface area contributed by atoms with Gasteiger partial charge < -0.3 is 20.5 Å². The molecule has 0 aromatic rings. The summed E-state index contributed by atoms with van der Waals surface area (Å²) < 4.78 is 5.04. The molecule has 0 aliphatic rings. The number of nitrogens with one attached hydrogen (secondary N) is 2. The van der Waals surface area contributed by atoms with Gasteiger partial charge in [-0.15, -0.1) is 0 Å². The van der Waals surface area contributed by atoms with Crippen LogP contribution in [-0.4, -0.2) is 42.5 Å². The maximum absolute atomic E-state index is 11.2. The summed E-state index contributed by atoms with van der Waals surface area (Å²) in [5.41, 5.74) is -0.462. The van der Waals surface area contributed by atoms with Crippen molar-refractivity contribution in [2.45, 2.75) is 39.3 Å². The minimum absolute atomic E-state index is 0.0467. The van der Waals surface area contributed by atoms with Crippen LogP contribution in [0.5, 0.6) is 0 Å². The lowest BCUT2D eigenvalue weighted by molar-refractivity contribution is 0.0528. The van der Waals surface area contributed by atoms with E-state index in [1.165, 1.54) is 0 Å². The molecule has 0 saturated carbocycles. The first-order valence-electron chi connectivity index (χ1n) is 5.16. The monoisotopic (exact) mass is 218 g/mol. The van der Waals surface area contributed by atoms with E-state index in [0.717, 1.165) is 0 Å². The van der Waals surface area contributed by atoms with E-state index in [2.05, 4.69) is 10.6 Å². The molecule has 1 amide bonds. The van der Waals surface area contributed by atoms with E-state index >= 15 is 0 Å². The number of alkyl carbamates (subject to hydrolysis) is 1. The molecule has 0 aromatic heterocycles. The third-order valence-corrected chi connectivity index (χ3v) is 1.56. The van der Waals surface area contributed by atoms with Gasteiger partial charge in [0, 0.05) is 19.1 Å². The lowest BCUT2D eigenvalue weighted by atomic mass is 10.2. The molecule has 0 radical (unpaired) electrons. The van der Waals surface area contributed by atoms with Gasteiger partial charge >= 0.3 is 6.09 Å². The van der Waals surface area contributed by atoms with Gasteiger partial charge in [0.05, 0.1) is 6.61 Å². The Kier molecular flexibility index (Phi) is 6.27. The van der Waals surface area contributed by atoms with E-state index in [1.807, 2.05) is 27.7 Å². The normalized spacial score (nSPS) is 13.4. The second-order valence-electron chi connectivity index (χ2n) is 4.47. The third-order valence-electron chi connectivity index (χ3n) is 1.56. The Morgan fingerprint density at radius 2 is 2.00 bits per heavy atom. The molecule has 0 aliphatic heterocycles. The van der Waals surface area contributed by atoms with Crippen molar-refractivity contribution in [3.63, 3.8) is 0 Å². The van der Waals surface area contributed by atoms with Crippen LogP contribution in [0.15, 0.2) is 0 Å². The van der Waals surface area contributed by atoms with E-state index in [4.69, 9.17) is 9.84 Å². The van der Waals surface area contributed by atoms with Gasteiger partial charge in [0.25, 0.3) is 0 Å². The summed E-state index contributed by atoms with van der Waals surface area (Å²) in [5.74, 6) is 0. The molecule has 0 fully saturated rings. The Morgan fingerprint density at radius 3 is 2.47 bits per heavy atom. The molecule has 0 rings (SSSR count). The fourth-order valence-corrected chi connectivity index (χ4v) is 0.862. The van der Waals surface area contributed by atoms with Crippen molar-refractivity contribution in [3.8, 4) is 0 Å². The van der Waals surface area contributed by atoms with Crippen LogP contribution in [0, 0.1) is 0 Å². The molecule has 0 saturated heterocycles. The lowest BCUT2D eigenvalue weighted by Gasteiger charge is -2.20. The number of hydrogen-bond donors (Lipinski definition) is 3. The Labute approximate surface area is 91.2 Å². The molecule has 1 atom stereocenters. The predicted octanol–water partition coefficient (Wildman–Crippen LogP) is 0.481. The molecule has 3 N–H and O–H groups in total. The summed E-state index contributed by atoms with van der Waals surface area (Å²) in [6.07, 6.45) is -0.416. The average molecular weight is 218 g/mol. The van der Waals surface area contributed by atoms with Gasteiger partial charge in [-0.3, -0.25) is 0 Å². The van der Waals surface area contributed by atoms with Gasteiger partial charge in [0.15, 0.2) is 0 Å². The van der Waals surface area contributed by atoms with E-state index in [-0.39, 0.29) is 12.6 Å².